The van der Waals surface area contributed by atoms with Crippen LogP contribution < -0.4 is 0 Å². The van der Waals surface area contributed by atoms with E-state index in [1.54, 1.807) is 0 Å². The lowest BCUT2D eigenvalue weighted by molar-refractivity contribution is -0.138. The summed E-state index contributed by atoms with van der Waals surface area (Å²) >= 11 is 0. The van der Waals surface area contributed by atoms with Gasteiger partial charge in [0.15, 0.2) is 0 Å². The number of nitrogens with zero attached hydrogens (tertiary/aromatic N) is 2. The number of amides is 1. The van der Waals surface area contributed by atoms with Crippen LogP contribution in [0.15, 0.2) is 0 Å². The van der Waals surface area contributed by atoms with Crippen LogP contribution in [0.25, 0.3) is 0 Å². The van der Waals surface area contributed by atoms with Crippen LogP contribution in [0.5, 0.6) is 0 Å². The van der Waals surface area contributed by atoms with Gasteiger partial charge in [-0.25, -0.2) is 8.42 Å². The Kier molecular flexibility index (Phi) is 3.77. The van der Waals surface area contributed by atoms with Crippen LogP contribution in [0, 0.1) is 17.8 Å². The van der Waals surface area contributed by atoms with E-state index in [0.717, 1.165) is 6.42 Å². The Bertz CT molecular complexity index is 481. The van der Waals surface area contributed by atoms with Crippen LogP contribution in [0.4, 0.5) is 0 Å². The molecule has 3 rings (SSSR count). The summed E-state index contributed by atoms with van der Waals surface area (Å²) in [6.07, 6.45) is 0.992. The fourth-order valence-electron chi connectivity index (χ4n) is 2.98. The molecule has 20 heavy (non-hydrogen) atoms. The number of hydrogen-bond acceptors (Lipinski definition) is 4. The van der Waals surface area contributed by atoms with E-state index < -0.39 is 10.0 Å². The van der Waals surface area contributed by atoms with Crippen LogP contribution in [-0.2, 0) is 19.6 Å². The summed E-state index contributed by atoms with van der Waals surface area (Å²) in [5.41, 5.74) is 0. The Morgan fingerprint density at radius 1 is 1.25 bits per heavy atom. The van der Waals surface area contributed by atoms with Crippen molar-refractivity contribution in [3.63, 3.8) is 0 Å². The molecule has 2 heterocycles. The number of likely N-dealkylation sites (tertiary alicyclic amines) is 1. The van der Waals surface area contributed by atoms with Crippen molar-refractivity contribution in [2.24, 2.45) is 17.8 Å². The van der Waals surface area contributed by atoms with E-state index in [1.165, 1.54) is 4.31 Å². The van der Waals surface area contributed by atoms with Crippen molar-refractivity contribution in [2.75, 3.05) is 45.1 Å². The first-order valence-corrected chi connectivity index (χ1v) is 8.92. The average Bonchev–Trinajstić information content (AvgIpc) is 3.11. The first kappa shape index (κ1) is 14.3. The van der Waals surface area contributed by atoms with Crippen molar-refractivity contribution < 1.29 is 17.9 Å². The van der Waals surface area contributed by atoms with Gasteiger partial charge in [-0.05, 0) is 12.3 Å². The summed E-state index contributed by atoms with van der Waals surface area (Å²) in [5.74, 6) is 1.19. The molecule has 0 aromatic heterocycles. The molecule has 2 aliphatic heterocycles. The van der Waals surface area contributed by atoms with Crippen molar-refractivity contribution in [1.82, 2.24) is 9.21 Å². The van der Waals surface area contributed by atoms with Gasteiger partial charge in [0.05, 0.1) is 19.0 Å². The van der Waals surface area contributed by atoms with E-state index in [0.29, 0.717) is 45.3 Å². The van der Waals surface area contributed by atoms with E-state index in [2.05, 4.69) is 6.92 Å². The maximum atomic E-state index is 12.2. The maximum Gasteiger partial charge on any atom is 0.225 e. The van der Waals surface area contributed by atoms with E-state index in [4.69, 9.17) is 4.74 Å². The summed E-state index contributed by atoms with van der Waals surface area (Å²) in [6, 6.07) is 0. The topological polar surface area (TPSA) is 66.9 Å². The second kappa shape index (κ2) is 5.27. The number of carbonyl (C=O) groups excluding carboxylic acids is 1. The van der Waals surface area contributed by atoms with Gasteiger partial charge in [-0.15, -0.1) is 0 Å². The number of ether oxygens (including phenoxy) is 1. The minimum Gasteiger partial charge on any atom is -0.379 e. The predicted octanol–water partition coefficient (Wildman–Crippen LogP) is -0.237. The van der Waals surface area contributed by atoms with Gasteiger partial charge in [0.25, 0.3) is 0 Å². The monoisotopic (exact) mass is 302 g/mol. The molecule has 0 unspecified atom stereocenters. The molecule has 0 radical (unpaired) electrons. The number of hydrogen-bond donors (Lipinski definition) is 0. The average molecular weight is 302 g/mol. The van der Waals surface area contributed by atoms with Gasteiger partial charge in [0.1, 0.15) is 0 Å². The summed E-state index contributed by atoms with van der Waals surface area (Å²) in [5, 5.41) is 0. The number of morpholine rings is 1. The van der Waals surface area contributed by atoms with Crippen LogP contribution in [0.1, 0.15) is 13.3 Å². The minimum absolute atomic E-state index is 0.0980. The number of sulfonamides is 1. The highest BCUT2D eigenvalue weighted by Gasteiger charge is 2.45. The van der Waals surface area contributed by atoms with Crippen molar-refractivity contribution >= 4 is 15.9 Å². The molecule has 0 bridgehead atoms. The third-order valence-electron chi connectivity index (χ3n) is 4.51. The Morgan fingerprint density at radius 2 is 1.85 bits per heavy atom. The smallest absolute Gasteiger partial charge is 0.225 e. The SMILES string of the molecule is C[C@@H]1C[C@H]1C(=O)N1CC(CS(=O)(=O)N2CCOCC2)C1. The molecule has 6 nitrogen and oxygen atoms in total. The molecule has 2 saturated heterocycles. The molecule has 0 aromatic rings. The first-order valence-electron chi connectivity index (χ1n) is 7.32. The maximum absolute atomic E-state index is 12.2. The Balaban J connectivity index is 1.47. The van der Waals surface area contributed by atoms with Crippen molar-refractivity contribution in [3.05, 3.63) is 0 Å². The van der Waals surface area contributed by atoms with Gasteiger partial charge in [-0.1, -0.05) is 6.92 Å². The third kappa shape index (κ3) is 2.84. The number of rotatable bonds is 4. The fraction of sp³-hybridized carbons (Fsp3) is 0.923. The summed E-state index contributed by atoms with van der Waals surface area (Å²) < 4.78 is 31.2. The third-order valence-corrected chi connectivity index (χ3v) is 6.55. The zero-order chi connectivity index (χ0) is 14.3. The van der Waals surface area contributed by atoms with Crippen LogP contribution >= 0.6 is 0 Å². The van der Waals surface area contributed by atoms with Crippen molar-refractivity contribution in [3.8, 4) is 0 Å². The standard InChI is InChI=1S/C13H22N2O4S/c1-10-6-12(10)13(16)14-7-11(8-14)9-20(17,18)15-2-4-19-5-3-15/h10-12H,2-9H2,1H3/t10-,12-/m1/s1. The van der Waals surface area contributed by atoms with Crippen LogP contribution in [0.3, 0.4) is 0 Å². The molecule has 3 fully saturated rings. The zero-order valence-corrected chi connectivity index (χ0v) is 12.6. The molecular weight excluding hydrogens is 280 g/mol. The molecule has 3 aliphatic rings. The Labute approximate surface area is 120 Å². The molecule has 1 amide bonds. The molecule has 0 aromatic carbocycles. The highest BCUT2D eigenvalue weighted by molar-refractivity contribution is 7.89. The Hall–Kier alpha value is -0.660. The lowest BCUT2D eigenvalue weighted by Gasteiger charge is -2.40. The molecule has 1 saturated carbocycles. The van der Waals surface area contributed by atoms with Gasteiger partial charge >= 0.3 is 0 Å². The second-order valence-corrected chi connectivity index (χ2v) is 8.23. The van der Waals surface area contributed by atoms with Gasteiger partial charge in [-0.2, -0.15) is 4.31 Å². The van der Waals surface area contributed by atoms with Gasteiger partial charge in [0, 0.05) is 38.0 Å². The molecule has 0 N–H and O–H groups in total. The zero-order valence-electron chi connectivity index (χ0n) is 11.8. The molecule has 2 atom stereocenters. The number of carbonyl (C=O) groups is 1. The summed E-state index contributed by atoms with van der Waals surface area (Å²) in [6.45, 7) is 5.16. The van der Waals surface area contributed by atoms with E-state index in [-0.39, 0.29) is 23.5 Å². The van der Waals surface area contributed by atoms with E-state index >= 15 is 0 Å². The highest BCUT2D eigenvalue weighted by Crippen LogP contribution is 2.40. The van der Waals surface area contributed by atoms with Crippen molar-refractivity contribution in [2.45, 2.75) is 13.3 Å². The normalized spacial score (nSPS) is 31.9. The molecular formula is C13H22N2O4S. The largest absolute Gasteiger partial charge is 0.379 e. The molecule has 114 valence electrons. The molecule has 7 heteroatoms. The highest BCUT2D eigenvalue weighted by atomic mass is 32.2. The van der Waals surface area contributed by atoms with Crippen LogP contribution in [-0.4, -0.2) is 68.7 Å². The molecule has 0 spiro atoms. The summed E-state index contributed by atoms with van der Waals surface area (Å²) in [4.78, 5) is 13.8. The first-order chi connectivity index (χ1) is 9.47. The quantitative estimate of drug-likeness (QED) is 0.719. The summed E-state index contributed by atoms with van der Waals surface area (Å²) in [7, 11) is -3.19. The van der Waals surface area contributed by atoms with Gasteiger partial charge < -0.3 is 9.64 Å². The Morgan fingerprint density at radius 3 is 2.40 bits per heavy atom. The van der Waals surface area contributed by atoms with Gasteiger partial charge in [-0.3, -0.25) is 4.79 Å². The lowest BCUT2D eigenvalue weighted by Crippen LogP contribution is -2.54. The minimum atomic E-state index is -3.19. The fourth-order valence-corrected chi connectivity index (χ4v) is 4.71. The van der Waals surface area contributed by atoms with Gasteiger partial charge in [0.2, 0.25) is 15.9 Å². The molecule has 1 aliphatic carbocycles. The lowest BCUT2D eigenvalue weighted by atomic mass is 10.0. The van der Waals surface area contributed by atoms with E-state index in [9.17, 15) is 13.2 Å². The van der Waals surface area contributed by atoms with Crippen molar-refractivity contribution in [1.29, 1.82) is 0 Å². The van der Waals surface area contributed by atoms with Crippen LogP contribution in [0.2, 0.25) is 0 Å². The second-order valence-electron chi connectivity index (χ2n) is 6.22. The van der Waals surface area contributed by atoms with E-state index in [1.807, 2.05) is 4.90 Å². The predicted molar refractivity (Wildman–Crippen MR) is 73.5 cm³/mol.